The van der Waals surface area contributed by atoms with Crippen molar-refractivity contribution in [2.45, 2.75) is 13.0 Å². The number of nitrogens with zero attached hydrogens (tertiary/aromatic N) is 1. The lowest BCUT2D eigenvalue weighted by Gasteiger charge is -2.18. The summed E-state index contributed by atoms with van der Waals surface area (Å²) >= 11 is 6.29. The van der Waals surface area contributed by atoms with Crippen molar-refractivity contribution in [3.63, 3.8) is 0 Å². The van der Waals surface area contributed by atoms with Crippen LogP contribution in [0, 0.1) is 6.92 Å². The maximum absolute atomic E-state index is 13.1. The van der Waals surface area contributed by atoms with Crippen LogP contribution < -0.4 is 10.6 Å². The monoisotopic (exact) mass is 415 g/mol. The van der Waals surface area contributed by atoms with Gasteiger partial charge in [0.15, 0.2) is 0 Å². The molecule has 6 heteroatoms. The molecule has 148 valence electrons. The van der Waals surface area contributed by atoms with Crippen molar-refractivity contribution in [2.24, 2.45) is 0 Å². The molecule has 0 radical (unpaired) electrons. The van der Waals surface area contributed by atoms with E-state index in [1.165, 1.54) is 0 Å². The zero-order valence-corrected chi connectivity index (χ0v) is 16.9. The maximum Gasteiger partial charge on any atom is 0.257 e. The predicted molar refractivity (Wildman–Crippen MR) is 117 cm³/mol. The third kappa shape index (κ3) is 2.86. The minimum absolute atomic E-state index is 0.147. The van der Waals surface area contributed by atoms with Gasteiger partial charge in [-0.3, -0.25) is 9.59 Å². The van der Waals surface area contributed by atoms with E-state index < -0.39 is 0 Å². The number of anilines is 1. The molecule has 0 aliphatic carbocycles. The van der Waals surface area contributed by atoms with Crippen LogP contribution in [0.2, 0.25) is 5.15 Å². The van der Waals surface area contributed by atoms with E-state index in [4.69, 9.17) is 11.6 Å². The van der Waals surface area contributed by atoms with Crippen LogP contribution in [0.4, 0.5) is 5.69 Å². The van der Waals surface area contributed by atoms with E-state index in [0.29, 0.717) is 22.0 Å². The number of aryl methyl sites for hydroxylation is 1. The highest BCUT2D eigenvalue weighted by Gasteiger charge is 2.33. The summed E-state index contributed by atoms with van der Waals surface area (Å²) in [7, 11) is 0. The van der Waals surface area contributed by atoms with Crippen molar-refractivity contribution in [3.05, 3.63) is 106 Å². The predicted octanol–water partition coefficient (Wildman–Crippen LogP) is 4.99. The topological polar surface area (TPSA) is 62.6 Å². The highest BCUT2D eigenvalue weighted by molar-refractivity contribution is 6.31. The molecule has 0 spiro atoms. The molecule has 0 fully saturated rings. The number of benzene rings is 2. The van der Waals surface area contributed by atoms with Gasteiger partial charge in [0.1, 0.15) is 5.15 Å². The average molecular weight is 416 g/mol. The Bertz CT molecular complexity index is 1330. The fourth-order valence-corrected chi connectivity index (χ4v) is 4.35. The van der Waals surface area contributed by atoms with E-state index >= 15 is 0 Å². The second kappa shape index (κ2) is 7.04. The zero-order chi connectivity index (χ0) is 20.8. The molecule has 4 aromatic rings. The molecule has 30 heavy (non-hydrogen) atoms. The van der Waals surface area contributed by atoms with Gasteiger partial charge in [-0.1, -0.05) is 48.0 Å². The SMILES string of the molecule is Cc1ccccc1C1NC(=O)c2cccc(NC(=O)c3cc(Cl)n4ccccc34)c21. The minimum atomic E-state index is -0.320. The van der Waals surface area contributed by atoms with Crippen LogP contribution in [0.3, 0.4) is 0 Å². The minimum Gasteiger partial charge on any atom is -0.341 e. The summed E-state index contributed by atoms with van der Waals surface area (Å²) in [6, 6.07) is 20.2. The lowest BCUT2D eigenvalue weighted by molar-refractivity contribution is 0.0959. The third-order valence-corrected chi connectivity index (χ3v) is 5.83. The third-order valence-electron chi connectivity index (χ3n) is 5.54. The molecule has 1 atom stereocenters. The van der Waals surface area contributed by atoms with Crippen LogP contribution in [-0.4, -0.2) is 16.2 Å². The number of halogens is 1. The molecule has 5 nitrogen and oxygen atoms in total. The van der Waals surface area contributed by atoms with E-state index in [1.54, 1.807) is 22.6 Å². The molecule has 0 saturated carbocycles. The molecule has 1 aliphatic heterocycles. The molecule has 2 amide bonds. The standard InChI is InChI=1S/C24H18ClN3O2/c1-14-7-2-3-8-15(14)22-21-16(23(29)27-22)9-6-10-18(21)26-24(30)17-13-20(25)28-12-5-4-11-19(17)28/h2-13,22H,1H3,(H,26,30)(H,27,29). The number of amides is 2. The van der Waals surface area contributed by atoms with Crippen LogP contribution in [-0.2, 0) is 0 Å². The number of rotatable bonds is 3. The van der Waals surface area contributed by atoms with Gasteiger partial charge in [-0.25, -0.2) is 0 Å². The maximum atomic E-state index is 13.1. The molecule has 5 rings (SSSR count). The number of hydrogen-bond acceptors (Lipinski definition) is 2. The molecule has 1 aliphatic rings. The van der Waals surface area contributed by atoms with Crippen molar-refractivity contribution in [1.82, 2.24) is 9.72 Å². The quantitative estimate of drug-likeness (QED) is 0.495. The first-order chi connectivity index (χ1) is 14.5. The summed E-state index contributed by atoms with van der Waals surface area (Å²) in [5.74, 6) is -0.423. The highest BCUT2D eigenvalue weighted by Crippen LogP contribution is 2.37. The van der Waals surface area contributed by atoms with Crippen LogP contribution in [0.5, 0.6) is 0 Å². The molecule has 2 aromatic carbocycles. The van der Waals surface area contributed by atoms with Gasteiger partial charge in [0, 0.05) is 23.0 Å². The fourth-order valence-electron chi connectivity index (χ4n) is 4.09. The van der Waals surface area contributed by atoms with Crippen molar-refractivity contribution in [1.29, 1.82) is 0 Å². The van der Waals surface area contributed by atoms with Gasteiger partial charge < -0.3 is 15.0 Å². The number of fused-ring (bicyclic) bond motifs is 2. The Hall–Kier alpha value is -3.57. The Morgan fingerprint density at radius 1 is 1.07 bits per heavy atom. The van der Waals surface area contributed by atoms with E-state index in [-0.39, 0.29) is 17.9 Å². The number of carbonyl (C=O) groups excluding carboxylic acids is 2. The normalized spacial score (nSPS) is 15.1. The first kappa shape index (κ1) is 18.5. The van der Waals surface area contributed by atoms with Crippen LogP contribution in [0.1, 0.15) is 43.4 Å². The number of pyridine rings is 1. The molecule has 0 saturated heterocycles. The zero-order valence-electron chi connectivity index (χ0n) is 16.1. The van der Waals surface area contributed by atoms with E-state index in [0.717, 1.165) is 22.2 Å². The van der Waals surface area contributed by atoms with Crippen LogP contribution in [0.25, 0.3) is 5.52 Å². The van der Waals surface area contributed by atoms with Crippen molar-refractivity contribution < 1.29 is 9.59 Å². The number of carbonyl (C=O) groups is 2. The van der Waals surface area contributed by atoms with Crippen molar-refractivity contribution in [2.75, 3.05) is 5.32 Å². The van der Waals surface area contributed by atoms with Crippen molar-refractivity contribution in [3.8, 4) is 0 Å². The molecule has 2 N–H and O–H groups in total. The van der Waals surface area contributed by atoms with Gasteiger partial charge in [0.25, 0.3) is 11.8 Å². The Balaban J connectivity index is 1.58. The summed E-state index contributed by atoms with van der Waals surface area (Å²) in [6.07, 6.45) is 1.81. The molecular formula is C24H18ClN3O2. The van der Waals surface area contributed by atoms with Crippen LogP contribution >= 0.6 is 11.6 Å². The molecule has 3 heterocycles. The first-order valence-electron chi connectivity index (χ1n) is 9.61. The summed E-state index contributed by atoms with van der Waals surface area (Å²) in [5, 5.41) is 6.51. The van der Waals surface area contributed by atoms with Crippen LogP contribution in [0.15, 0.2) is 72.9 Å². The number of aromatic nitrogens is 1. The average Bonchev–Trinajstić information content (AvgIpc) is 3.27. The highest BCUT2D eigenvalue weighted by atomic mass is 35.5. The van der Waals surface area contributed by atoms with E-state index in [2.05, 4.69) is 10.6 Å². The Labute approximate surface area is 178 Å². The Morgan fingerprint density at radius 3 is 2.70 bits per heavy atom. The van der Waals surface area contributed by atoms with Gasteiger partial charge in [-0.15, -0.1) is 0 Å². The van der Waals surface area contributed by atoms with E-state index in [1.807, 2.05) is 61.7 Å². The fraction of sp³-hybridized carbons (Fsp3) is 0.0833. The lowest BCUT2D eigenvalue weighted by atomic mass is 9.93. The van der Waals surface area contributed by atoms with Gasteiger partial charge in [-0.2, -0.15) is 0 Å². The Morgan fingerprint density at radius 2 is 1.87 bits per heavy atom. The number of hydrogen-bond donors (Lipinski definition) is 2. The molecule has 2 aromatic heterocycles. The van der Waals surface area contributed by atoms with Gasteiger partial charge in [0.05, 0.1) is 17.1 Å². The Kier molecular flexibility index (Phi) is 4.33. The largest absolute Gasteiger partial charge is 0.341 e. The second-order valence-electron chi connectivity index (χ2n) is 7.32. The lowest BCUT2D eigenvalue weighted by Crippen LogP contribution is -2.21. The van der Waals surface area contributed by atoms with E-state index in [9.17, 15) is 9.59 Å². The van der Waals surface area contributed by atoms with Crippen molar-refractivity contribution >= 4 is 34.6 Å². The van der Waals surface area contributed by atoms with Gasteiger partial charge >= 0.3 is 0 Å². The van der Waals surface area contributed by atoms with Gasteiger partial charge in [0.2, 0.25) is 0 Å². The summed E-state index contributed by atoms with van der Waals surface area (Å²) in [4.78, 5) is 25.7. The van der Waals surface area contributed by atoms with Gasteiger partial charge in [-0.05, 0) is 48.4 Å². The first-order valence-corrected chi connectivity index (χ1v) is 9.98. The second-order valence-corrected chi connectivity index (χ2v) is 7.71. The smallest absolute Gasteiger partial charge is 0.257 e. The molecular weight excluding hydrogens is 398 g/mol. The molecule has 0 bridgehead atoms. The summed E-state index contributed by atoms with van der Waals surface area (Å²) in [5.41, 5.74) is 5.22. The number of nitrogens with one attached hydrogen (secondary N) is 2. The summed E-state index contributed by atoms with van der Waals surface area (Å²) in [6.45, 7) is 2.01. The molecule has 1 unspecified atom stereocenters. The summed E-state index contributed by atoms with van der Waals surface area (Å²) < 4.78 is 1.76.